The van der Waals surface area contributed by atoms with Gasteiger partial charge in [-0.25, -0.2) is 0 Å². The van der Waals surface area contributed by atoms with E-state index in [9.17, 15) is 19.8 Å². The van der Waals surface area contributed by atoms with Crippen molar-refractivity contribution in [3.05, 3.63) is 0 Å². The first-order valence-electron chi connectivity index (χ1n) is 3.52. The number of carbonyl (C=O) groups is 2. The molecule has 0 aromatic carbocycles. The molecule has 0 aliphatic heterocycles. The molecule has 0 spiro atoms. The minimum atomic E-state index is -1.69. The maximum absolute atomic E-state index is 10.4. The summed E-state index contributed by atoms with van der Waals surface area (Å²) in [6.07, 6.45) is 1.55. The molecule has 1 aliphatic rings. The van der Waals surface area contributed by atoms with Gasteiger partial charge < -0.3 is 19.8 Å². The van der Waals surface area contributed by atoms with Crippen LogP contribution in [-0.4, -0.2) is 11.9 Å². The minimum absolute atomic E-state index is 0. The van der Waals surface area contributed by atoms with Crippen LogP contribution in [0.4, 0.5) is 0 Å². The van der Waals surface area contributed by atoms with Crippen LogP contribution < -0.4 is 10.2 Å². The van der Waals surface area contributed by atoms with E-state index in [1.165, 1.54) is 0 Å². The molecule has 1 radical (unpaired) electrons. The summed E-state index contributed by atoms with van der Waals surface area (Å²) in [7, 11) is 0. The third-order valence-corrected chi connectivity index (χ3v) is 2.24. The molecular weight excluding hydrogens is 256 g/mol. The van der Waals surface area contributed by atoms with Crippen molar-refractivity contribution in [1.29, 1.82) is 0 Å². The minimum Gasteiger partial charge on any atom is -0.549 e. The molecule has 1 rings (SSSR count). The molecule has 1 fully saturated rings. The van der Waals surface area contributed by atoms with Crippen molar-refractivity contribution in [3.63, 3.8) is 0 Å². The largest absolute Gasteiger partial charge is 0.549 e. The number of carbonyl (C=O) groups excluding carboxylic acids is 2. The number of carboxylic acid groups (broad SMARTS) is 2. The SMILES string of the molecule is O=C([O-])C1(C(=O)[O-])CCCC1.[Ag]. The predicted molar refractivity (Wildman–Crippen MR) is 30.9 cm³/mol. The average Bonchev–Trinajstić information content (AvgIpc) is 2.34. The zero-order valence-electron chi connectivity index (χ0n) is 6.26. The fraction of sp³-hybridized carbons (Fsp3) is 0.714. The Morgan fingerprint density at radius 2 is 1.33 bits per heavy atom. The van der Waals surface area contributed by atoms with E-state index >= 15 is 0 Å². The molecule has 73 valence electrons. The second kappa shape index (κ2) is 4.07. The molecule has 1 aliphatic carbocycles. The van der Waals surface area contributed by atoms with Gasteiger partial charge in [-0.3, -0.25) is 0 Å². The van der Waals surface area contributed by atoms with Crippen LogP contribution in [0.25, 0.3) is 0 Å². The summed E-state index contributed by atoms with van der Waals surface area (Å²) in [5.41, 5.74) is -1.69. The molecule has 0 N–H and O–H groups in total. The Morgan fingerprint density at radius 3 is 1.50 bits per heavy atom. The van der Waals surface area contributed by atoms with Gasteiger partial charge in [-0.15, -0.1) is 0 Å². The van der Waals surface area contributed by atoms with Crippen LogP contribution in [-0.2, 0) is 32.0 Å². The molecule has 4 nitrogen and oxygen atoms in total. The molecular formula is C7H8AgO4-2. The van der Waals surface area contributed by atoms with Gasteiger partial charge in [0.05, 0.1) is 11.9 Å². The maximum Gasteiger partial charge on any atom is 0.0532 e. The second-order valence-electron chi connectivity index (χ2n) is 2.86. The Hall–Kier alpha value is -0.320. The van der Waals surface area contributed by atoms with Crippen molar-refractivity contribution >= 4 is 11.9 Å². The summed E-state index contributed by atoms with van der Waals surface area (Å²) in [5, 5.41) is 20.9. The van der Waals surface area contributed by atoms with E-state index in [-0.39, 0.29) is 35.2 Å². The van der Waals surface area contributed by atoms with Gasteiger partial charge in [0.15, 0.2) is 0 Å². The zero-order valence-corrected chi connectivity index (χ0v) is 7.75. The van der Waals surface area contributed by atoms with Gasteiger partial charge in [0.25, 0.3) is 0 Å². The smallest absolute Gasteiger partial charge is 0.0532 e. The van der Waals surface area contributed by atoms with Gasteiger partial charge in [-0.2, -0.15) is 0 Å². The van der Waals surface area contributed by atoms with Crippen molar-refractivity contribution in [2.45, 2.75) is 25.7 Å². The molecule has 0 atom stereocenters. The first-order chi connectivity index (χ1) is 5.09. The molecule has 5 heteroatoms. The summed E-state index contributed by atoms with van der Waals surface area (Å²) in [5.74, 6) is -3.01. The van der Waals surface area contributed by atoms with Crippen molar-refractivity contribution in [2.24, 2.45) is 5.41 Å². The normalized spacial score (nSPS) is 19.7. The number of aliphatic carboxylic acids is 2. The fourth-order valence-corrected chi connectivity index (χ4v) is 1.47. The first kappa shape index (κ1) is 11.7. The van der Waals surface area contributed by atoms with E-state index in [2.05, 4.69) is 0 Å². The topological polar surface area (TPSA) is 80.3 Å². The predicted octanol–water partition coefficient (Wildman–Crippen LogP) is -1.96. The van der Waals surface area contributed by atoms with Gasteiger partial charge in [0.2, 0.25) is 0 Å². The standard InChI is InChI=1S/C7H10O4.Ag/c8-5(9)7(6(10)11)3-1-2-4-7;/h1-4H2,(H,8,9)(H,10,11);/p-2. The Labute approximate surface area is 85.5 Å². The third-order valence-electron chi connectivity index (χ3n) is 2.24. The van der Waals surface area contributed by atoms with E-state index in [1.807, 2.05) is 0 Å². The molecule has 12 heavy (non-hydrogen) atoms. The van der Waals surface area contributed by atoms with Crippen molar-refractivity contribution < 1.29 is 42.2 Å². The van der Waals surface area contributed by atoms with E-state index in [4.69, 9.17) is 0 Å². The molecule has 0 unspecified atom stereocenters. The van der Waals surface area contributed by atoms with E-state index in [0.717, 1.165) is 0 Å². The number of hydrogen-bond donors (Lipinski definition) is 0. The van der Waals surface area contributed by atoms with Gasteiger partial charge in [-0.1, -0.05) is 12.8 Å². The molecule has 0 amide bonds. The fourth-order valence-electron chi connectivity index (χ4n) is 1.47. The monoisotopic (exact) mass is 263 g/mol. The van der Waals surface area contributed by atoms with Crippen LogP contribution in [0.5, 0.6) is 0 Å². The number of carboxylic acids is 2. The third kappa shape index (κ3) is 1.71. The van der Waals surface area contributed by atoms with E-state index in [0.29, 0.717) is 12.8 Å². The van der Waals surface area contributed by atoms with Gasteiger partial charge in [0.1, 0.15) is 0 Å². The Balaban J connectivity index is 0.00000121. The van der Waals surface area contributed by atoms with Crippen LogP contribution in [0.3, 0.4) is 0 Å². The van der Waals surface area contributed by atoms with Crippen LogP contribution in [0, 0.1) is 5.41 Å². The quantitative estimate of drug-likeness (QED) is 0.428. The summed E-state index contributed by atoms with van der Waals surface area (Å²) in [4.78, 5) is 20.9. The van der Waals surface area contributed by atoms with Crippen LogP contribution in [0.2, 0.25) is 0 Å². The average molecular weight is 264 g/mol. The number of hydrogen-bond acceptors (Lipinski definition) is 4. The first-order valence-corrected chi connectivity index (χ1v) is 3.52. The molecule has 0 heterocycles. The van der Waals surface area contributed by atoms with Crippen LogP contribution in [0.15, 0.2) is 0 Å². The zero-order chi connectivity index (χ0) is 8.48. The van der Waals surface area contributed by atoms with Crippen molar-refractivity contribution in [3.8, 4) is 0 Å². The Kier molecular flexibility index (Phi) is 3.96. The van der Waals surface area contributed by atoms with Crippen LogP contribution in [0.1, 0.15) is 25.7 Å². The maximum atomic E-state index is 10.4. The molecule has 0 saturated heterocycles. The van der Waals surface area contributed by atoms with Gasteiger partial charge >= 0.3 is 0 Å². The molecule has 0 aromatic rings. The Bertz CT molecular complexity index is 180. The van der Waals surface area contributed by atoms with E-state index < -0.39 is 17.4 Å². The molecule has 1 saturated carbocycles. The van der Waals surface area contributed by atoms with Gasteiger partial charge in [-0.05, 0) is 12.8 Å². The molecule has 0 aromatic heterocycles. The Morgan fingerprint density at radius 1 is 1.00 bits per heavy atom. The van der Waals surface area contributed by atoms with Crippen molar-refractivity contribution in [2.75, 3.05) is 0 Å². The summed E-state index contributed by atoms with van der Waals surface area (Å²) in [6.45, 7) is 0. The summed E-state index contributed by atoms with van der Waals surface area (Å²) >= 11 is 0. The second-order valence-corrected chi connectivity index (χ2v) is 2.86. The summed E-state index contributed by atoms with van der Waals surface area (Å²) < 4.78 is 0. The molecule has 0 bridgehead atoms. The number of rotatable bonds is 2. The van der Waals surface area contributed by atoms with E-state index in [1.54, 1.807) is 0 Å². The van der Waals surface area contributed by atoms with Gasteiger partial charge in [0, 0.05) is 27.8 Å². The van der Waals surface area contributed by atoms with Crippen LogP contribution >= 0.6 is 0 Å². The summed E-state index contributed by atoms with van der Waals surface area (Å²) in [6, 6.07) is 0. The van der Waals surface area contributed by atoms with Crippen molar-refractivity contribution in [1.82, 2.24) is 0 Å².